The van der Waals surface area contributed by atoms with Gasteiger partial charge in [-0.15, -0.1) is 0 Å². The molecule has 0 radical (unpaired) electrons. The van der Waals surface area contributed by atoms with Crippen LogP contribution < -0.4 is 10.5 Å². The topological polar surface area (TPSA) is 76.9 Å². The Labute approximate surface area is 129 Å². The Morgan fingerprint density at radius 3 is 2.86 bits per heavy atom. The van der Waals surface area contributed by atoms with E-state index in [1.807, 2.05) is 30.3 Å². The van der Waals surface area contributed by atoms with E-state index in [9.17, 15) is 5.26 Å². The predicted molar refractivity (Wildman–Crippen MR) is 84.4 cm³/mol. The Kier molecular flexibility index (Phi) is 3.28. The number of methoxy groups -OCH3 is 1. The molecule has 104 valence electrons. The monoisotopic (exact) mass is 342 g/mol. The van der Waals surface area contributed by atoms with Gasteiger partial charge in [0.25, 0.3) is 0 Å². The van der Waals surface area contributed by atoms with Gasteiger partial charge in [-0.1, -0.05) is 22.0 Å². The fraction of sp³-hybridized carbons (Fsp3) is 0.0667. The molecule has 0 aliphatic heterocycles. The number of fused-ring (bicyclic) bond motifs is 1. The highest BCUT2D eigenvalue weighted by Gasteiger charge is 2.15. The molecule has 0 aliphatic carbocycles. The first-order valence-electron chi connectivity index (χ1n) is 6.16. The van der Waals surface area contributed by atoms with E-state index in [1.165, 1.54) is 0 Å². The molecule has 0 saturated carbocycles. The number of para-hydroxylation sites is 1. The lowest BCUT2D eigenvalue weighted by atomic mass is 10.2. The lowest BCUT2D eigenvalue weighted by Gasteiger charge is -2.09. The fourth-order valence-corrected chi connectivity index (χ4v) is 2.66. The summed E-state index contributed by atoms with van der Waals surface area (Å²) >= 11 is 3.36. The summed E-state index contributed by atoms with van der Waals surface area (Å²) in [5.41, 5.74) is 8.71. The molecule has 1 aromatic heterocycles. The maximum atomic E-state index is 9.34. The smallest absolute Gasteiger partial charge is 0.206 e. The Morgan fingerprint density at radius 2 is 2.14 bits per heavy atom. The number of hydrogen-bond acceptors (Lipinski definition) is 4. The lowest BCUT2D eigenvalue weighted by Crippen LogP contribution is -2.02. The van der Waals surface area contributed by atoms with Gasteiger partial charge in [-0.2, -0.15) is 5.26 Å². The van der Waals surface area contributed by atoms with Crippen LogP contribution in [-0.4, -0.2) is 16.7 Å². The van der Waals surface area contributed by atoms with Crippen LogP contribution in [-0.2, 0) is 0 Å². The number of ether oxygens (including phenoxy) is 1. The molecule has 0 fully saturated rings. The van der Waals surface area contributed by atoms with E-state index in [4.69, 9.17) is 10.5 Å². The molecule has 0 atom stereocenters. The highest BCUT2D eigenvalue weighted by atomic mass is 79.9. The Morgan fingerprint density at radius 1 is 1.33 bits per heavy atom. The standard InChI is InChI=1S/C15H11BrN4O/c1-21-13-4-2-3-12-14(13)19-15(18)20(12)11-6-5-10(16)7-9(11)8-17/h2-7H,1H3,(H2,18,19). The van der Waals surface area contributed by atoms with Gasteiger partial charge >= 0.3 is 0 Å². The molecule has 1 heterocycles. The van der Waals surface area contributed by atoms with Gasteiger partial charge in [0, 0.05) is 4.47 Å². The third-order valence-corrected chi connectivity index (χ3v) is 3.71. The third-order valence-electron chi connectivity index (χ3n) is 3.21. The average molecular weight is 343 g/mol. The van der Waals surface area contributed by atoms with Crippen molar-refractivity contribution in [3.05, 3.63) is 46.4 Å². The first-order valence-corrected chi connectivity index (χ1v) is 6.96. The van der Waals surface area contributed by atoms with Crippen LogP contribution in [0.5, 0.6) is 5.75 Å². The number of nitriles is 1. The van der Waals surface area contributed by atoms with E-state index in [0.717, 1.165) is 9.99 Å². The van der Waals surface area contributed by atoms with Gasteiger partial charge in [0.2, 0.25) is 5.95 Å². The third kappa shape index (κ3) is 2.12. The molecule has 0 spiro atoms. The van der Waals surface area contributed by atoms with Gasteiger partial charge < -0.3 is 10.5 Å². The number of aromatic nitrogens is 2. The van der Waals surface area contributed by atoms with Crippen LogP contribution in [0, 0.1) is 11.3 Å². The summed E-state index contributed by atoms with van der Waals surface area (Å²) < 4.78 is 7.89. The van der Waals surface area contributed by atoms with E-state index in [0.29, 0.717) is 28.5 Å². The van der Waals surface area contributed by atoms with Crippen LogP contribution in [0.2, 0.25) is 0 Å². The van der Waals surface area contributed by atoms with E-state index in [-0.39, 0.29) is 0 Å². The predicted octanol–water partition coefficient (Wildman–Crippen LogP) is 3.25. The fourth-order valence-electron chi connectivity index (χ4n) is 2.30. The summed E-state index contributed by atoms with van der Waals surface area (Å²) in [7, 11) is 1.59. The van der Waals surface area contributed by atoms with Crippen molar-refractivity contribution in [3.8, 4) is 17.5 Å². The Balaban J connectivity index is 2.36. The van der Waals surface area contributed by atoms with Gasteiger partial charge in [-0.05, 0) is 30.3 Å². The summed E-state index contributed by atoms with van der Waals surface area (Å²) in [6.45, 7) is 0. The molecule has 0 bridgehead atoms. The zero-order valence-corrected chi connectivity index (χ0v) is 12.8. The SMILES string of the molecule is COc1cccc2c1nc(N)n2-c1ccc(Br)cc1C#N. The molecule has 21 heavy (non-hydrogen) atoms. The Hall–Kier alpha value is -2.52. The molecule has 5 nitrogen and oxygen atoms in total. The molecule has 0 amide bonds. The molecule has 6 heteroatoms. The van der Waals surface area contributed by atoms with Gasteiger partial charge in [0.1, 0.15) is 17.3 Å². The average Bonchev–Trinajstić information content (AvgIpc) is 2.83. The minimum atomic E-state index is 0.313. The number of benzene rings is 2. The largest absolute Gasteiger partial charge is 0.494 e. The highest BCUT2D eigenvalue weighted by molar-refractivity contribution is 9.10. The van der Waals surface area contributed by atoms with E-state index in [1.54, 1.807) is 17.7 Å². The molecule has 2 aromatic carbocycles. The first kappa shape index (κ1) is 13.5. The summed E-state index contributed by atoms with van der Waals surface area (Å²) in [5.74, 6) is 0.960. The van der Waals surface area contributed by atoms with Crippen LogP contribution in [0.25, 0.3) is 16.7 Å². The van der Waals surface area contributed by atoms with Crippen molar-refractivity contribution in [3.63, 3.8) is 0 Å². The summed E-state index contributed by atoms with van der Waals surface area (Å²) in [4.78, 5) is 4.35. The second-order valence-corrected chi connectivity index (χ2v) is 5.32. The molecule has 2 N–H and O–H groups in total. The van der Waals surface area contributed by atoms with Crippen molar-refractivity contribution < 1.29 is 4.74 Å². The van der Waals surface area contributed by atoms with Crippen molar-refractivity contribution in [2.45, 2.75) is 0 Å². The number of halogens is 1. The second-order valence-electron chi connectivity index (χ2n) is 4.41. The Bertz CT molecular complexity index is 879. The first-order chi connectivity index (χ1) is 10.2. The normalized spacial score (nSPS) is 10.5. The molecule has 3 aromatic rings. The van der Waals surface area contributed by atoms with Crippen molar-refractivity contribution in [1.82, 2.24) is 9.55 Å². The number of nitrogens with two attached hydrogens (primary N) is 1. The van der Waals surface area contributed by atoms with Crippen LogP contribution in [0.1, 0.15) is 5.56 Å². The molecule has 0 unspecified atom stereocenters. The zero-order chi connectivity index (χ0) is 15.0. The lowest BCUT2D eigenvalue weighted by molar-refractivity contribution is 0.419. The maximum absolute atomic E-state index is 9.34. The molecule has 3 rings (SSSR count). The van der Waals surface area contributed by atoms with Gasteiger partial charge in [-0.3, -0.25) is 4.57 Å². The highest BCUT2D eigenvalue weighted by Crippen LogP contribution is 2.31. The van der Waals surface area contributed by atoms with Gasteiger partial charge in [0.05, 0.1) is 23.9 Å². The van der Waals surface area contributed by atoms with Crippen LogP contribution in [0.15, 0.2) is 40.9 Å². The minimum Gasteiger partial charge on any atom is -0.494 e. The number of imidazole rings is 1. The van der Waals surface area contributed by atoms with E-state index in [2.05, 4.69) is 27.0 Å². The zero-order valence-electron chi connectivity index (χ0n) is 11.2. The van der Waals surface area contributed by atoms with Crippen LogP contribution in [0.4, 0.5) is 5.95 Å². The van der Waals surface area contributed by atoms with E-state index < -0.39 is 0 Å². The summed E-state index contributed by atoms with van der Waals surface area (Å²) in [6.07, 6.45) is 0. The van der Waals surface area contributed by atoms with Crippen LogP contribution in [0.3, 0.4) is 0 Å². The van der Waals surface area contributed by atoms with Crippen molar-refractivity contribution >= 4 is 32.9 Å². The number of anilines is 1. The van der Waals surface area contributed by atoms with Crippen molar-refractivity contribution in [2.24, 2.45) is 0 Å². The van der Waals surface area contributed by atoms with Gasteiger partial charge in [-0.25, -0.2) is 4.98 Å². The quantitative estimate of drug-likeness (QED) is 0.775. The maximum Gasteiger partial charge on any atom is 0.206 e. The van der Waals surface area contributed by atoms with Gasteiger partial charge in [0.15, 0.2) is 0 Å². The minimum absolute atomic E-state index is 0.313. The molecule has 0 saturated heterocycles. The number of nitrogen functional groups attached to an aromatic ring is 1. The number of rotatable bonds is 2. The number of nitrogens with zero attached hydrogens (tertiary/aromatic N) is 3. The van der Waals surface area contributed by atoms with Crippen LogP contribution >= 0.6 is 15.9 Å². The second kappa shape index (κ2) is 5.11. The summed E-state index contributed by atoms with van der Waals surface area (Å²) in [6, 6.07) is 13.2. The van der Waals surface area contributed by atoms with E-state index >= 15 is 0 Å². The molecule has 0 aliphatic rings. The molecular weight excluding hydrogens is 332 g/mol. The van der Waals surface area contributed by atoms with Crippen molar-refractivity contribution in [2.75, 3.05) is 12.8 Å². The molecular formula is C15H11BrN4O. The summed E-state index contributed by atoms with van der Waals surface area (Å²) in [5, 5.41) is 9.34. The van der Waals surface area contributed by atoms with Crippen molar-refractivity contribution in [1.29, 1.82) is 5.26 Å². The number of hydrogen-bond donors (Lipinski definition) is 1.